The maximum atomic E-state index is 11.2. The van der Waals surface area contributed by atoms with E-state index < -0.39 is 0 Å². The van der Waals surface area contributed by atoms with E-state index in [0.29, 0.717) is 19.6 Å². The van der Waals surface area contributed by atoms with E-state index in [0.717, 1.165) is 0 Å². The van der Waals surface area contributed by atoms with Gasteiger partial charge in [0.05, 0.1) is 13.2 Å². The maximum Gasteiger partial charge on any atom is 0.224 e. The summed E-state index contributed by atoms with van der Waals surface area (Å²) in [6.45, 7) is 0.845. The highest BCUT2D eigenvalue weighted by Gasteiger charge is 2.27. The normalized spacial score (nSPS) is 21.8. The van der Waals surface area contributed by atoms with Crippen LogP contribution in [0, 0.1) is 0 Å². The van der Waals surface area contributed by atoms with Gasteiger partial charge in [0.25, 0.3) is 0 Å². The van der Waals surface area contributed by atoms with E-state index in [1.807, 2.05) is 0 Å². The van der Waals surface area contributed by atoms with Crippen LogP contribution in [0.5, 0.6) is 0 Å². The number of hydrogen-bond donors (Lipinski definition) is 0. The molecule has 0 atom stereocenters. The molecule has 13 heavy (non-hydrogen) atoms. The fourth-order valence-electron chi connectivity index (χ4n) is 1.21. The van der Waals surface area contributed by atoms with Crippen LogP contribution in [0.2, 0.25) is 0 Å². The van der Waals surface area contributed by atoms with Crippen molar-refractivity contribution in [2.24, 2.45) is 0 Å². The summed E-state index contributed by atoms with van der Waals surface area (Å²) < 4.78 is 10.2. The zero-order valence-electron chi connectivity index (χ0n) is 6.91. The van der Waals surface area contributed by atoms with Crippen LogP contribution >= 0.6 is 0 Å². The van der Waals surface area contributed by atoms with Crippen molar-refractivity contribution in [3.8, 4) is 0 Å². The Labute approximate surface area is 74.8 Å². The average Bonchev–Trinajstić information content (AvgIpc) is 2.37. The first-order valence-electron chi connectivity index (χ1n) is 4.05. The SMILES string of the molecule is O=C1C=CC(=O)C2=C1OCCCO2. The van der Waals surface area contributed by atoms with Crippen molar-refractivity contribution in [3.63, 3.8) is 0 Å². The molecular weight excluding hydrogens is 172 g/mol. The number of rotatable bonds is 0. The Hall–Kier alpha value is -1.58. The average molecular weight is 180 g/mol. The molecular formula is C9H8O4. The van der Waals surface area contributed by atoms with Crippen LogP contribution in [0.15, 0.2) is 23.7 Å². The summed E-state index contributed by atoms with van der Waals surface area (Å²) in [6, 6.07) is 0. The second-order valence-electron chi connectivity index (χ2n) is 2.77. The molecule has 0 aromatic heterocycles. The van der Waals surface area contributed by atoms with Crippen molar-refractivity contribution in [1.82, 2.24) is 0 Å². The molecule has 2 aliphatic rings. The molecule has 0 aromatic carbocycles. The van der Waals surface area contributed by atoms with Crippen LogP contribution in [-0.4, -0.2) is 24.8 Å². The highest BCUT2D eigenvalue weighted by molar-refractivity contribution is 6.18. The van der Waals surface area contributed by atoms with E-state index in [4.69, 9.17) is 9.47 Å². The predicted molar refractivity (Wildman–Crippen MR) is 42.7 cm³/mol. The molecule has 1 aliphatic heterocycles. The van der Waals surface area contributed by atoms with Crippen molar-refractivity contribution < 1.29 is 19.1 Å². The van der Waals surface area contributed by atoms with Crippen molar-refractivity contribution >= 4 is 11.6 Å². The Morgan fingerprint density at radius 1 is 0.923 bits per heavy atom. The van der Waals surface area contributed by atoms with E-state index in [1.54, 1.807) is 0 Å². The van der Waals surface area contributed by atoms with Crippen molar-refractivity contribution in [3.05, 3.63) is 23.7 Å². The first-order chi connectivity index (χ1) is 6.29. The van der Waals surface area contributed by atoms with Crippen LogP contribution in [-0.2, 0) is 19.1 Å². The molecule has 4 heteroatoms. The summed E-state index contributed by atoms with van der Waals surface area (Å²) in [6.07, 6.45) is 3.10. The summed E-state index contributed by atoms with van der Waals surface area (Å²) in [7, 11) is 0. The second-order valence-corrected chi connectivity index (χ2v) is 2.77. The molecule has 0 N–H and O–H groups in total. The lowest BCUT2D eigenvalue weighted by molar-refractivity contribution is -0.119. The van der Waals surface area contributed by atoms with Crippen molar-refractivity contribution in [2.75, 3.05) is 13.2 Å². The fourth-order valence-corrected chi connectivity index (χ4v) is 1.21. The molecule has 0 bridgehead atoms. The summed E-state index contributed by atoms with van der Waals surface area (Å²) in [5.74, 6) is -0.469. The fraction of sp³-hybridized carbons (Fsp3) is 0.333. The van der Waals surface area contributed by atoms with Gasteiger partial charge in [0, 0.05) is 6.42 Å². The first-order valence-corrected chi connectivity index (χ1v) is 4.05. The maximum absolute atomic E-state index is 11.2. The number of ether oxygens (including phenoxy) is 2. The molecule has 2 rings (SSSR count). The highest BCUT2D eigenvalue weighted by atomic mass is 16.5. The third-order valence-corrected chi connectivity index (χ3v) is 1.82. The second kappa shape index (κ2) is 3.05. The summed E-state index contributed by atoms with van der Waals surface area (Å²) in [5, 5.41) is 0. The summed E-state index contributed by atoms with van der Waals surface area (Å²) in [5.41, 5.74) is 0. The van der Waals surface area contributed by atoms with Crippen molar-refractivity contribution in [1.29, 1.82) is 0 Å². The lowest BCUT2D eigenvalue weighted by Gasteiger charge is -2.10. The van der Waals surface area contributed by atoms with Gasteiger partial charge in [-0.15, -0.1) is 0 Å². The minimum absolute atomic E-state index is 0.0602. The number of allylic oxidation sites excluding steroid dienone is 2. The molecule has 0 amide bonds. The zero-order chi connectivity index (χ0) is 9.26. The van der Waals surface area contributed by atoms with Gasteiger partial charge < -0.3 is 9.47 Å². The molecule has 4 nitrogen and oxygen atoms in total. The van der Waals surface area contributed by atoms with E-state index in [-0.39, 0.29) is 23.1 Å². The smallest absolute Gasteiger partial charge is 0.224 e. The van der Waals surface area contributed by atoms with Crippen LogP contribution < -0.4 is 0 Å². The van der Waals surface area contributed by atoms with Crippen LogP contribution in [0.1, 0.15) is 6.42 Å². The number of ketones is 2. The quantitative estimate of drug-likeness (QED) is 0.504. The Morgan fingerprint density at radius 2 is 1.38 bits per heavy atom. The standard InChI is InChI=1S/C9H8O4/c10-6-2-3-7(11)9-8(6)12-4-1-5-13-9/h2-3H,1,4-5H2. The van der Waals surface area contributed by atoms with Crippen LogP contribution in [0.25, 0.3) is 0 Å². The molecule has 1 aliphatic carbocycles. The first kappa shape index (κ1) is 8.04. The Bertz CT molecular complexity index is 295. The Balaban J connectivity index is 2.38. The summed E-state index contributed by atoms with van der Waals surface area (Å²) >= 11 is 0. The van der Waals surface area contributed by atoms with Crippen molar-refractivity contribution in [2.45, 2.75) is 6.42 Å². The molecule has 0 saturated carbocycles. The molecule has 0 spiro atoms. The van der Waals surface area contributed by atoms with Gasteiger partial charge in [0.1, 0.15) is 0 Å². The largest absolute Gasteiger partial charge is 0.486 e. The van der Waals surface area contributed by atoms with Gasteiger partial charge in [-0.05, 0) is 12.2 Å². The third kappa shape index (κ3) is 1.35. The van der Waals surface area contributed by atoms with E-state index in [9.17, 15) is 9.59 Å². The minimum atomic E-state index is -0.295. The van der Waals surface area contributed by atoms with E-state index in [2.05, 4.69) is 0 Å². The summed E-state index contributed by atoms with van der Waals surface area (Å²) in [4.78, 5) is 22.4. The highest BCUT2D eigenvalue weighted by Crippen LogP contribution is 2.19. The van der Waals surface area contributed by atoms with Gasteiger partial charge in [-0.25, -0.2) is 0 Å². The number of hydrogen-bond acceptors (Lipinski definition) is 4. The van der Waals surface area contributed by atoms with Gasteiger partial charge in [0.2, 0.25) is 23.1 Å². The number of carbonyl (C=O) groups excluding carboxylic acids is 2. The zero-order valence-corrected chi connectivity index (χ0v) is 6.91. The molecule has 0 saturated heterocycles. The molecule has 0 aromatic rings. The molecule has 0 radical (unpaired) electrons. The molecule has 1 heterocycles. The molecule has 0 unspecified atom stereocenters. The van der Waals surface area contributed by atoms with E-state index in [1.165, 1.54) is 12.2 Å². The number of carbonyl (C=O) groups is 2. The lowest BCUT2D eigenvalue weighted by Crippen LogP contribution is -2.16. The third-order valence-electron chi connectivity index (χ3n) is 1.82. The van der Waals surface area contributed by atoms with Gasteiger partial charge in [-0.3, -0.25) is 9.59 Å². The van der Waals surface area contributed by atoms with Gasteiger partial charge in [-0.2, -0.15) is 0 Å². The monoisotopic (exact) mass is 180 g/mol. The topological polar surface area (TPSA) is 52.6 Å². The molecule has 0 fully saturated rings. The van der Waals surface area contributed by atoms with Crippen LogP contribution in [0.3, 0.4) is 0 Å². The predicted octanol–water partition coefficient (Wildman–Crippen LogP) is 0.343. The Morgan fingerprint density at radius 3 is 1.85 bits per heavy atom. The van der Waals surface area contributed by atoms with Gasteiger partial charge in [0.15, 0.2) is 0 Å². The Kier molecular flexibility index (Phi) is 1.88. The van der Waals surface area contributed by atoms with Gasteiger partial charge in [-0.1, -0.05) is 0 Å². The van der Waals surface area contributed by atoms with Gasteiger partial charge >= 0.3 is 0 Å². The lowest BCUT2D eigenvalue weighted by atomic mass is 10.1. The molecule has 68 valence electrons. The van der Waals surface area contributed by atoms with Crippen LogP contribution in [0.4, 0.5) is 0 Å². The van der Waals surface area contributed by atoms with E-state index >= 15 is 0 Å². The minimum Gasteiger partial charge on any atom is -0.486 e.